The number of hydrogen-bond acceptors (Lipinski definition) is 8. The summed E-state index contributed by atoms with van der Waals surface area (Å²) in [7, 11) is 0. The van der Waals surface area contributed by atoms with Crippen molar-refractivity contribution in [3.63, 3.8) is 0 Å². The molecule has 2 aromatic rings. The zero-order valence-corrected chi connectivity index (χ0v) is 12.4. The molecule has 0 spiro atoms. The third-order valence-corrected chi connectivity index (χ3v) is 3.91. The van der Waals surface area contributed by atoms with Gasteiger partial charge in [-0.1, -0.05) is 41.7 Å². The Bertz CT molecular complexity index is 627. The second kappa shape index (κ2) is 7.51. The molecular weight excluding hydrogens is 306 g/mol. The van der Waals surface area contributed by atoms with Crippen LogP contribution in [0.15, 0.2) is 30.3 Å². The van der Waals surface area contributed by atoms with E-state index in [-0.39, 0.29) is 25.9 Å². The third kappa shape index (κ3) is 4.52. The first-order valence-corrected chi connectivity index (χ1v) is 7.41. The molecule has 1 aromatic heterocycles. The molecule has 0 unspecified atom stereocenters. The van der Waals surface area contributed by atoms with Gasteiger partial charge < -0.3 is 24.7 Å². The number of carboxylic acid groups (broad SMARTS) is 2. The van der Waals surface area contributed by atoms with E-state index in [1.54, 1.807) is 4.90 Å². The summed E-state index contributed by atoms with van der Waals surface area (Å²) in [5, 5.41) is 30.4. The van der Waals surface area contributed by atoms with Crippen LogP contribution in [0.25, 0.3) is 10.6 Å². The molecule has 0 atom stereocenters. The average molecular weight is 319 g/mol. The molecule has 7 nitrogen and oxygen atoms in total. The first-order chi connectivity index (χ1) is 10.6. The SMILES string of the molecule is O=C([O-])CCN(CCC(=O)[O-])c1nnc(-c2ccccc2)s1. The predicted molar refractivity (Wildman–Crippen MR) is 76.8 cm³/mol. The van der Waals surface area contributed by atoms with Gasteiger partial charge in [-0.3, -0.25) is 0 Å². The van der Waals surface area contributed by atoms with E-state index in [1.807, 2.05) is 30.3 Å². The molecule has 22 heavy (non-hydrogen) atoms. The van der Waals surface area contributed by atoms with Crippen molar-refractivity contribution in [3.05, 3.63) is 30.3 Å². The summed E-state index contributed by atoms with van der Waals surface area (Å²) in [6.07, 6.45) is -0.430. The van der Waals surface area contributed by atoms with E-state index in [0.717, 1.165) is 5.56 Å². The van der Waals surface area contributed by atoms with Crippen molar-refractivity contribution < 1.29 is 19.8 Å². The number of aromatic nitrogens is 2. The molecule has 0 amide bonds. The molecule has 0 aliphatic rings. The van der Waals surface area contributed by atoms with Crippen LogP contribution in [0.3, 0.4) is 0 Å². The normalized spacial score (nSPS) is 10.4. The summed E-state index contributed by atoms with van der Waals surface area (Å²) >= 11 is 1.27. The van der Waals surface area contributed by atoms with Crippen LogP contribution in [0.2, 0.25) is 0 Å². The minimum atomic E-state index is -1.20. The molecule has 0 N–H and O–H groups in total. The van der Waals surface area contributed by atoms with E-state index in [4.69, 9.17) is 0 Å². The molecule has 0 aliphatic heterocycles. The van der Waals surface area contributed by atoms with Crippen LogP contribution < -0.4 is 15.1 Å². The minimum absolute atomic E-state index is 0.110. The molecule has 0 aliphatic carbocycles. The highest BCUT2D eigenvalue weighted by Gasteiger charge is 2.13. The Labute approximate surface area is 130 Å². The topological polar surface area (TPSA) is 109 Å². The Hall–Kier alpha value is -2.48. The number of benzene rings is 1. The summed E-state index contributed by atoms with van der Waals surface area (Å²) in [4.78, 5) is 22.8. The minimum Gasteiger partial charge on any atom is -0.550 e. The van der Waals surface area contributed by atoms with Crippen molar-refractivity contribution in [1.29, 1.82) is 0 Å². The van der Waals surface area contributed by atoms with E-state index < -0.39 is 11.9 Å². The van der Waals surface area contributed by atoms with Crippen LogP contribution >= 0.6 is 11.3 Å². The smallest absolute Gasteiger partial charge is 0.208 e. The number of nitrogens with zero attached hydrogens (tertiary/aromatic N) is 3. The van der Waals surface area contributed by atoms with Crippen LogP contribution in [0.1, 0.15) is 12.8 Å². The summed E-state index contributed by atoms with van der Waals surface area (Å²) in [6, 6.07) is 9.41. The number of rotatable bonds is 8. The summed E-state index contributed by atoms with van der Waals surface area (Å²) in [5.74, 6) is -2.41. The number of anilines is 1. The Morgan fingerprint density at radius 2 is 1.59 bits per heavy atom. The van der Waals surface area contributed by atoms with Crippen LogP contribution in [0, 0.1) is 0 Å². The standard InChI is InChI=1S/C14H15N3O4S/c18-11(19)6-8-17(9-7-12(20)21)14-16-15-13(22-14)10-4-2-1-3-5-10/h1-5H,6-9H2,(H,18,19)(H,20,21)/p-2. The molecule has 0 bridgehead atoms. The zero-order chi connectivity index (χ0) is 15.9. The lowest BCUT2D eigenvalue weighted by Crippen LogP contribution is -2.34. The number of carboxylic acids is 2. The van der Waals surface area contributed by atoms with Gasteiger partial charge in [0, 0.05) is 43.4 Å². The number of carbonyl (C=O) groups excluding carboxylic acids is 2. The molecule has 2 rings (SSSR count). The maximum absolute atomic E-state index is 10.6. The quantitative estimate of drug-likeness (QED) is 0.632. The Morgan fingerprint density at radius 3 is 2.14 bits per heavy atom. The monoisotopic (exact) mass is 319 g/mol. The highest BCUT2D eigenvalue weighted by molar-refractivity contribution is 7.18. The van der Waals surface area contributed by atoms with Gasteiger partial charge in [0.2, 0.25) is 5.13 Å². The van der Waals surface area contributed by atoms with Gasteiger partial charge in [0.25, 0.3) is 0 Å². The Balaban J connectivity index is 2.14. The molecule has 0 saturated carbocycles. The van der Waals surface area contributed by atoms with E-state index in [1.165, 1.54) is 11.3 Å². The lowest BCUT2D eigenvalue weighted by molar-refractivity contribution is -0.306. The number of aliphatic carboxylic acids is 2. The first kappa shape index (κ1) is 15.9. The van der Waals surface area contributed by atoms with E-state index in [9.17, 15) is 19.8 Å². The van der Waals surface area contributed by atoms with Gasteiger partial charge in [0.05, 0.1) is 0 Å². The average Bonchev–Trinajstić information content (AvgIpc) is 2.97. The maximum atomic E-state index is 10.6. The fourth-order valence-electron chi connectivity index (χ4n) is 1.80. The molecule has 0 fully saturated rings. The molecule has 1 heterocycles. The van der Waals surface area contributed by atoms with Crippen LogP contribution in [0.5, 0.6) is 0 Å². The molecular formula is C14H13N3O4S-2. The molecule has 8 heteroatoms. The van der Waals surface area contributed by atoms with Gasteiger partial charge in [-0.25, -0.2) is 0 Å². The Morgan fingerprint density at radius 1 is 1.00 bits per heavy atom. The zero-order valence-electron chi connectivity index (χ0n) is 11.6. The van der Waals surface area contributed by atoms with Gasteiger partial charge in [-0.15, -0.1) is 10.2 Å². The van der Waals surface area contributed by atoms with Crippen molar-refractivity contribution in [2.75, 3.05) is 18.0 Å². The Kier molecular flexibility index (Phi) is 5.42. The third-order valence-electron chi connectivity index (χ3n) is 2.88. The van der Waals surface area contributed by atoms with Crippen LogP contribution in [-0.4, -0.2) is 35.2 Å². The van der Waals surface area contributed by atoms with Gasteiger partial charge in [0.15, 0.2) is 0 Å². The highest BCUT2D eigenvalue weighted by atomic mass is 32.1. The predicted octanol–water partition coefficient (Wildman–Crippen LogP) is -0.708. The van der Waals surface area contributed by atoms with Crippen molar-refractivity contribution >= 4 is 28.4 Å². The summed E-state index contributed by atoms with van der Waals surface area (Å²) < 4.78 is 0. The van der Waals surface area contributed by atoms with Crippen LogP contribution in [0.4, 0.5) is 5.13 Å². The van der Waals surface area contributed by atoms with Crippen molar-refractivity contribution in [3.8, 4) is 10.6 Å². The summed E-state index contributed by atoms with van der Waals surface area (Å²) in [6.45, 7) is 0.220. The van der Waals surface area contributed by atoms with Crippen molar-refractivity contribution in [2.24, 2.45) is 0 Å². The molecule has 0 saturated heterocycles. The molecule has 116 valence electrons. The van der Waals surface area contributed by atoms with Crippen LogP contribution in [-0.2, 0) is 9.59 Å². The maximum Gasteiger partial charge on any atom is 0.208 e. The second-order valence-corrected chi connectivity index (χ2v) is 5.44. The van der Waals surface area contributed by atoms with Crippen molar-refractivity contribution in [2.45, 2.75) is 12.8 Å². The van der Waals surface area contributed by atoms with E-state index in [2.05, 4.69) is 10.2 Å². The largest absolute Gasteiger partial charge is 0.550 e. The number of carbonyl (C=O) groups is 2. The second-order valence-electron chi connectivity index (χ2n) is 4.49. The van der Waals surface area contributed by atoms with E-state index >= 15 is 0 Å². The molecule has 0 radical (unpaired) electrons. The lowest BCUT2D eigenvalue weighted by atomic mass is 10.2. The molecule has 1 aromatic carbocycles. The van der Waals surface area contributed by atoms with Gasteiger partial charge in [-0.05, 0) is 0 Å². The summed E-state index contributed by atoms with van der Waals surface area (Å²) in [5.41, 5.74) is 0.894. The van der Waals surface area contributed by atoms with Gasteiger partial charge in [0.1, 0.15) is 5.01 Å². The van der Waals surface area contributed by atoms with Gasteiger partial charge in [-0.2, -0.15) is 0 Å². The number of hydrogen-bond donors (Lipinski definition) is 0. The highest BCUT2D eigenvalue weighted by Crippen LogP contribution is 2.28. The van der Waals surface area contributed by atoms with Crippen molar-refractivity contribution in [1.82, 2.24) is 10.2 Å². The fraction of sp³-hybridized carbons (Fsp3) is 0.286. The fourth-order valence-corrected chi connectivity index (χ4v) is 2.70. The lowest BCUT2D eigenvalue weighted by Gasteiger charge is -2.21. The van der Waals surface area contributed by atoms with Gasteiger partial charge >= 0.3 is 0 Å². The first-order valence-electron chi connectivity index (χ1n) is 6.60. The van der Waals surface area contributed by atoms with E-state index in [0.29, 0.717) is 10.1 Å².